The highest BCUT2D eigenvalue weighted by molar-refractivity contribution is 6.35. The summed E-state index contributed by atoms with van der Waals surface area (Å²) in [6.07, 6.45) is 2.20. The van der Waals surface area contributed by atoms with Gasteiger partial charge in [-0.25, -0.2) is 0 Å². The van der Waals surface area contributed by atoms with Gasteiger partial charge in [-0.1, -0.05) is 41.4 Å². The minimum Gasteiger partial charge on any atom is -0.489 e. The molecule has 0 spiro atoms. The lowest BCUT2D eigenvalue weighted by Gasteiger charge is -2.33. The van der Waals surface area contributed by atoms with Gasteiger partial charge in [-0.3, -0.25) is 0 Å². The van der Waals surface area contributed by atoms with Crippen molar-refractivity contribution in [1.82, 2.24) is 0 Å². The third kappa shape index (κ3) is 3.63. The first-order valence-electron chi connectivity index (χ1n) is 7.14. The highest BCUT2D eigenvalue weighted by Crippen LogP contribution is 2.30. The number of hydrogen-bond donors (Lipinski definition) is 0. The third-order valence-electron chi connectivity index (χ3n) is 3.75. The fourth-order valence-corrected chi connectivity index (χ4v) is 3.07. The van der Waals surface area contributed by atoms with Crippen molar-refractivity contribution in [2.75, 3.05) is 18.0 Å². The van der Waals surface area contributed by atoms with E-state index in [1.165, 1.54) is 5.69 Å². The van der Waals surface area contributed by atoms with Gasteiger partial charge in [0.25, 0.3) is 0 Å². The number of para-hydroxylation sites is 1. The zero-order valence-electron chi connectivity index (χ0n) is 11.6. The van der Waals surface area contributed by atoms with Crippen LogP contribution in [0.2, 0.25) is 10.0 Å². The van der Waals surface area contributed by atoms with Gasteiger partial charge < -0.3 is 9.64 Å². The number of benzene rings is 2. The quantitative estimate of drug-likeness (QED) is 0.785. The molecule has 110 valence electrons. The molecule has 0 amide bonds. The van der Waals surface area contributed by atoms with Gasteiger partial charge in [0.2, 0.25) is 0 Å². The predicted octanol–water partition coefficient (Wildman–Crippen LogP) is 5.04. The van der Waals surface area contributed by atoms with E-state index >= 15 is 0 Å². The van der Waals surface area contributed by atoms with Gasteiger partial charge in [0.15, 0.2) is 0 Å². The van der Waals surface area contributed by atoms with Gasteiger partial charge in [0.05, 0.1) is 5.02 Å². The lowest BCUT2D eigenvalue weighted by atomic mass is 10.1. The SMILES string of the molecule is Clc1ccc(OC2CCN(c3ccccc3)CC2)c(Cl)c1. The molecule has 0 atom stereocenters. The van der Waals surface area contributed by atoms with Crippen LogP contribution in [-0.2, 0) is 0 Å². The highest BCUT2D eigenvalue weighted by Gasteiger charge is 2.21. The summed E-state index contributed by atoms with van der Waals surface area (Å²) in [6.45, 7) is 2.00. The molecule has 1 saturated heterocycles. The second kappa shape index (κ2) is 6.59. The molecule has 0 bridgehead atoms. The van der Waals surface area contributed by atoms with Crippen LogP contribution in [0.3, 0.4) is 0 Å². The van der Waals surface area contributed by atoms with Gasteiger partial charge >= 0.3 is 0 Å². The largest absolute Gasteiger partial charge is 0.489 e. The van der Waals surface area contributed by atoms with Crippen molar-refractivity contribution in [2.24, 2.45) is 0 Å². The third-order valence-corrected chi connectivity index (χ3v) is 4.28. The first-order valence-corrected chi connectivity index (χ1v) is 7.89. The Morgan fingerprint density at radius 2 is 1.67 bits per heavy atom. The van der Waals surface area contributed by atoms with Crippen LogP contribution in [0, 0.1) is 0 Å². The van der Waals surface area contributed by atoms with E-state index in [-0.39, 0.29) is 6.10 Å². The number of hydrogen-bond acceptors (Lipinski definition) is 2. The maximum absolute atomic E-state index is 6.15. The molecule has 0 aromatic heterocycles. The fraction of sp³-hybridized carbons (Fsp3) is 0.294. The molecule has 0 saturated carbocycles. The van der Waals surface area contributed by atoms with E-state index in [1.807, 2.05) is 18.2 Å². The summed E-state index contributed by atoms with van der Waals surface area (Å²) in [5.41, 5.74) is 1.28. The normalized spacial score (nSPS) is 16.0. The second-order valence-electron chi connectivity index (χ2n) is 5.21. The molecule has 1 aliphatic rings. The van der Waals surface area contributed by atoms with E-state index in [9.17, 15) is 0 Å². The minimum absolute atomic E-state index is 0.212. The molecule has 21 heavy (non-hydrogen) atoms. The maximum atomic E-state index is 6.15. The molecule has 0 unspecified atom stereocenters. The monoisotopic (exact) mass is 321 g/mol. The Kier molecular flexibility index (Phi) is 4.57. The number of halogens is 2. The smallest absolute Gasteiger partial charge is 0.138 e. The average molecular weight is 322 g/mol. The fourth-order valence-electron chi connectivity index (χ4n) is 2.62. The van der Waals surface area contributed by atoms with E-state index in [4.69, 9.17) is 27.9 Å². The van der Waals surface area contributed by atoms with Gasteiger partial charge in [-0.05, 0) is 30.3 Å². The molecular weight excluding hydrogens is 305 g/mol. The van der Waals surface area contributed by atoms with Crippen LogP contribution < -0.4 is 9.64 Å². The summed E-state index contributed by atoms with van der Waals surface area (Å²) in [4.78, 5) is 2.39. The van der Waals surface area contributed by atoms with Crippen LogP contribution in [0.25, 0.3) is 0 Å². The van der Waals surface area contributed by atoms with Gasteiger partial charge in [0.1, 0.15) is 11.9 Å². The Balaban J connectivity index is 1.59. The maximum Gasteiger partial charge on any atom is 0.138 e. The van der Waals surface area contributed by atoms with E-state index in [1.54, 1.807) is 6.07 Å². The number of nitrogens with zero attached hydrogens (tertiary/aromatic N) is 1. The molecule has 2 aromatic rings. The van der Waals surface area contributed by atoms with Crippen molar-refractivity contribution in [2.45, 2.75) is 18.9 Å². The molecule has 0 N–H and O–H groups in total. The Bertz CT molecular complexity index is 595. The first-order chi connectivity index (χ1) is 10.2. The van der Waals surface area contributed by atoms with Gasteiger partial charge in [-0.2, -0.15) is 0 Å². The molecule has 2 aromatic carbocycles. The zero-order valence-corrected chi connectivity index (χ0v) is 13.1. The summed E-state index contributed by atoms with van der Waals surface area (Å²) in [7, 11) is 0. The van der Waals surface area contributed by atoms with Gasteiger partial charge in [0, 0.05) is 36.6 Å². The summed E-state index contributed by atoms with van der Waals surface area (Å²) >= 11 is 12.1. The Morgan fingerprint density at radius 3 is 2.33 bits per heavy atom. The van der Waals surface area contributed by atoms with E-state index in [0.29, 0.717) is 10.0 Å². The molecule has 1 heterocycles. The van der Waals surface area contributed by atoms with Crippen molar-refractivity contribution >= 4 is 28.9 Å². The number of ether oxygens (including phenoxy) is 1. The van der Waals surface area contributed by atoms with E-state index in [2.05, 4.69) is 29.2 Å². The van der Waals surface area contributed by atoms with Crippen LogP contribution >= 0.6 is 23.2 Å². The van der Waals surface area contributed by atoms with E-state index in [0.717, 1.165) is 31.7 Å². The van der Waals surface area contributed by atoms with E-state index < -0.39 is 0 Å². The van der Waals surface area contributed by atoms with Crippen LogP contribution in [0.15, 0.2) is 48.5 Å². The standard InChI is InChI=1S/C17H17Cl2NO/c18-13-6-7-17(16(19)12-13)21-15-8-10-20(11-9-15)14-4-2-1-3-5-14/h1-7,12,15H,8-11H2. The van der Waals surface area contributed by atoms with Crippen molar-refractivity contribution in [3.63, 3.8) is 0 Å². The molecular formula is C17H17Cl2NO. The summed E-state index contributed by atoms with van der Waals surface area (Å²) < 4.78 is 6.01. The van der Waals surface area contributed by atoms with Crippen molar-refractivity contribution in [3.05, 3.63) is 58.6 Å². The molecule has 0 radical (unpaired) electrons. The summed E-state index contributed by atoms with van der Waals surface area (Å²) in [5.74, 6) is 0.722. The van der Waals surface area contributed by atoms with Crippen LogP contribution in [-0.4, -0.2) is 19.2 Å². The average Bonchev–Trinajstić information content (AvgIpc) is 2.52. The summed E-state index contributed by atoms with van der Waals surface area (Å²) in [5, 5.41) is 1.21. The van der Waals surface area contributed by atoms with Crippen molar-refractivity contribution < 1.29 is 4.74 Å². The lowest BCUT2D eigenvalue weighted by molar-refractivity contribution is 0.171. The van der Waals surface area contributed by atoms with Crippen molar-refractivity contribution in [3.8, 4) is 5.75 Å². The van der Waals surface area contributed by atoms with Crippen molar-refractivity contribution in [1.29, 1.82) is 0 Å². The predicted molar refractivity (Wildman–Crippen MR) is 88.8 cm³/mol. The summed E-state index contributed by atoms with van der Waals surface area (Å²) in [6, 6.07) is 15.9. The molecule has 3 rings (SSSR count). The number of rotatable bonds is 3. The lowest BCUT2D eigenvalue weighted by Crippen LogP contribution is -2.38. The minimum atomic E-state index is 0.212. The number of piperidine rings is 1. The molecule has 0 aliphatic carbocycles. The molecule has 4 heteroatoms. The Hall–Kier alpha value is -1.38. The Morgan fingerprint density at radius 1 is 0.952 bits per heavy atom. The first kappa shape index (κ1) is 14.6. The Labute approximate surface area is 135 Å². The topological polar surface area (TPSA) is 12.5 Å². The molecule has 1 fully saturated rings. The van der Waals surface area contributed by atoms with Crippen LogP contribution in [0.5, 0.6) is 5.75 Å². The zero-order chi connectivity index (χ0) is 14.7. The molecule has 1 aliphatic heterocycles. The van der Waals surface area contributed by atoms with Crippen LogP contribution in [0.4, 0.5) is 5.69 Å². The second-order valence-corrected chi connectivity index (χ2v) is 6.06. The van der Waals surface area contributed by atoms with Gasteiger partial charge in [-0.15, -0.1) is 0 Å². The highest BCUT2D eigenvalue weighted by atomic mass is 35.5. The molecule has 2 nitrogen and oxygen atoms in total. The number of anilines is 1. The van der Waals surface area contributed by atoms with Crippen LogP contribution in [0.1, 0.15) is 12.8 Å².